The summed E-state index contributed by atoms with van der Waals surface area (Å²) in [5.41, 5.74) is 0.922. The number of carbonyl (C=O) groups excluding carboxylic acids is 1. The van der Waals surface area contributed by atoms with Crippen molar-refractivity contribution in [3.05, 3.63) is 53.6 Å². The molecule has 0 aliphatic carbocycles. The van der Waals surface area contributed by atoms with Gasteiger partial charge in [-0.1, -0.05) is 12.1 Å². The van der Waals surface area contributed by atoms with Crippen molar-refractivity contribution in [3.63, 3.8) is 0 Å². The highest BCUT2D eigenvalue weighted by Crippen LogP contribution is 2.32. The smallest absolute Gasteiger partial charge is 0.330 e. The van der Waals surface area contributed by atoms with Crippen molar-refractivity contribution in [2.75, 3.05) is 19.8 Å². The zero-order valence-electron chi connectivity index (χ0n) is 23.6. The largest absolute Gasteiger partial charge is 0.504 e. The van der Waals surface area contributed by atoms with E-state index in [9.17, 15) is 55.9 Å². The van der Waals surface area contributed by atoms with Crippen LogP contribution in [0, 0.1) is 0 Å². The molecule has 2 aliphatic rings. The number of carbonyl (C=O) groups is 1. The van der Waals surface area contributed by atoms with Gasteiger partial charge in [-0.2, -0.15) is 0 Å². The maximum absolute atomic E-state index is 12.3. The molecule has 0 unspecified atom stereocenters. The quantitative estimate of drug-likeness (QED) is 0.0697. The molecule has 0 aromatic heterocycles. The van der Waals surface area contributed by atoms with E-state index in [1.54, 1.807) is 6.07 Å². The molecule has 0 radical (unpaired) electrons. The molecule has 0 saturated carbocycles. The van der Waals surface area contributed by atoms with Gasteiger partial charge in [-0.15, -0.1) is 0 Å². The minimum absolute atomic E-state index is 0.0246. The molecule has 2 aliphatic heterocycles. The number of aromatic hydroxyl groups is 3. The van der Waals surface area contributed by atoms with Gasteiger partial charge in [-0.25, -0.2) is 4.79 Å². The Hall–Kier alpha value is -3.55. The van der Waals surface area contributed by atoms with Crippen LogP contribution in [0.2, 0.25) is 0 Å². The second kappa shape index (κ2) is 15.2. The van der Waals surface area contributed by atoms with Crippen LogP contribution < -0.4 is 4.74 Å². The average Bonchev–Trinajstić information content (AvgIpc) is 3.02. The molecule has 2 aromatic carbocycles. The van der Waals surface area contributed by atoms with E-state index in [1.807, 2.05) is 0 Å². The van der Waals surface area contributed by atoms with Crippen molar-refractivity contribution >= 4 is 12.0 Å². The van der Waals surface area contributed by atoms with Crippen LogP contribution in [0.4, 0.5) is 0 Å². The Kier molecular flexibility index (Phi) is 11.6. The predicted molar refractivity (Wildman–Crippen MR) is 149 cm³/mol. The van der Waals surface area contributed by atoms with Crippen molar-refractivity contribution in [1.82, 2.24) is 0 Å². The lowest BCUT2D eigenvalue weighted by Gasteiger charge is -2.39. The Morgan fingerprint density at radius 2 is 1.42 bits per heavy atom. The Bertz CT molecular complexity index is 1320. The van der Waals surface area contributed by atoms with E-state index < -0.39 is 86.3 Å². The molecule has 0 amide bonds. The number of aliphatic hydroxyl groups is 7. The topological polar surface area (TPSA) is 266 Å². The molecular weight excluding hydrogens is 604 g/mol. The fourth-order valence-electron chi connectivity index (χ4n) is 4.61. The standard InChI is InChI=1S/C29H36O16/c30-11-19-22(35)24(37)27(40)29(44-19)43-18-5-2-13(10-17(18)33)3-6-21(34)42-12-20-23(36)25(38)26(39)28(45-20)41-8-7-14-1-4-15(31)16(32)9-14/h1-6,9-10,19-20,22-33,35-40H,7-8,11-12H2/t19-,20-,22-,23-,24+,25+,26-,27-,28-,29-/m1/s1. The predicted octanol–water partition coefficient (Wildman–Crippen LogP) is -2.39. The molecule has 2 fully saturated rings. The van der Waals surface area contributed by atoms with Gasteiger partial charge in [0.25, 0.3) is 0 Å². The Labute approximate surface area is 256 Å². The molecule has 16 nitrogen and oxygen atoms in total. The van der Waals surface area contributed by atoms with E-state index in [2.05, 4.69) is 0 Å². The summed E-state index contributed by atoms with van der Waals surface area (Å²) < 4.78 is 26.8. The van der Waals surface area contributed by atoms with Gasteiger partial charge < -0.3 is 74.7 Å². The summed E-state index contributed by atoms with van der Waals surface area (Å²) in [5.74, 6) is -2.07. The number of hydrogen-bond donors (Lipinski definition) is 10. The fourth-order valence-corrected chi connectivity index (χ4v) is 4.61. The molecule has 16 heteroatoms. The van der Waals surface area contributed by atoms with Crippen molar-refractivity contribution in [2.24, 2.45) is 0 Å². The maximum Gasteiger partial charge on any atom is 0.330 e. The van der Waals surface area contributed by atoms with Crippen LogP contribution in [0.5, 0.6) is 23.0 Å². The van der Waals surface area contributed by atoms with Crippen molar-refractivity contribution < 1.29 is 79.5 Å². The minimum atomic E-state index is -1.68. The molecule has 10 atom stereocenters. The molecule has 0 bridgehead atoms. The molecule has 2 aromatic rings. The number of esters is 1. The monoisotopic (exact) mass is 640 g/mol. The lowest BCUT2D eigenvalue weighted by Crippen LogP contribution is -2.60. The van der Waals surface area contributed by atoms with Crippen LogP contribution in [-0.4, -0.2) is 138 Å². The van der Waals surface area contributed by atoms with E-state index in [1.165, 1.54) is 36.4 Å². The summed E-state index contributed by atoms with van der Waals surface area (Å²) in [7, 11) is 0. The summed E-state index contributed by atoms with van der Waals surface area (Å²) in [6, 6.07) is 8.10. The van der Waals surface area contributed by atoms with Gasteiger partial charge in [0.1, 0.15) is 55.4 Å². The molecule has 2 saturated heterocycles. The first kappa shape index (κ1) is 34.3. The Balaban J connectivity index is 1.28. The molecule has 248 valence electrons. The van der Waals surface area contributed by atoms with E-state index in [4.69, 9.17) is 23.7 Å². The number of ether oxygens (including phenoxy) is 5. The van der Waals surface area contributed by atoms with Crippen LogP contribution in [-0.2, 0) is 30.2 Å². The normalized spacial score (nSPS) is 32.0. The fraction of sp³-hybridized carbons (Fsp3) is 0.483. The van der Waals surface area contributed by atoms with E-state index >= 15 is 0 Å². The third-order valence-electron chi connectivity index (χ3n) is 7.26. The molecule has 10 N–H and O–H groups in total. The SMILES string of the molecule is O=C(C=Cc1ccc(O[C@@H]2O[C@H](CO)[C@@H](O)[C@H](O)[C@H]2O)c(O)c1)OC[C@H]1O[C@@H](OCCc2ccc(O)c(O)c2)[C@H](O)[C@@H](O)[C@@H]1O. The van der Waals surface area contributed by atoms with E-state index in [0.717, 1.165) is 6.08 Å². The van der Waals surface area contributed by atoms with Crippen LogP contribution in [0.1, 0.15) is 11.1 Å². The number of rotatable bonds is 11. The molecule has 0 spiro atoms. The number of aliphatic hydroxyl groups excluding tert-OH is 7. The van der Waals surface area contributed by atoms with Crippen LogP contribution >= 0.6 is 0 Å². The molecule has 4 rings (SSSR count). The highest BCUT2D eigenvalue weighted by atomic mass is 16.7. The highest BCUT2D eigenvalue weighted by molar-refractivity contribution is 5.87. The zero-order valence-corrected chi connectivity index (χ0v) is 23.6. The van der Waals surface area contributed by atoms with Gasteiger partial charge in [0.15, 0.2) is 29.3 Å². The summed E-state index contributed by atoms with van der Waals surface area (Å²) in [6.45, 7) is -1.20. The number of benzene rings is 2. The second-order valence-corrected chi connectivity index (χ2v) is 10.5. The molecular formula is C29H36O16. The van der Waals surface area contributed by atoms with Crippen molar-refractivity contribution in [2.45, 2.75) is 67.8 Å². The molecule has 2 heterocycles. The first-order valence-electron chi connectivity index (χ1n) is 13.9. The number of hydrogen-bond acceptors (Lipinski definition) is 16. The van der Waals surface area contributed by atoms with Crippen molar-refractivity contribution in [3.8, 4) is 23.0 Å². The zero-order chi connectivity index (χ0) is 32.8. The van der Waals surface area contributed by atoms with Crippen LogP contribution in [0.3, 0.4) is 0 Å². The maximum atomic E-state index is 12.3. The summed E-state index contributed by atoms with van der Waals surface area (Å²) >= 11 is 0. The van der Waals surface area contributed by atoms with Gasteiger partial charge in [0.2, 0.25) is 6.29 Å². The third kappa shape index (κ3) is 8.39. The van der Waals surface area contributed by atoms with Crippen LogP contribution in [0.25, 0.3) is 6.08 Å². The summed E-state index contributed by atoms with van der Waals surface area (Å²) in [4.78, 5) is 12.3. The van der Waals surface area contributed by atoms with Gasteiger partial charge >= 0.3 is 5.97 Å². The lowest BCUT2D eigenvalue weighted by molar-refractivity contribution is -0.301. The number of phenols is 3. The van der Waals surface area contributed by atoms with Gasteiger partial charge in [0, 0.05) is 6.08 Å². The minimum Gasteiger partial charge on any atom is -0.504 e. The van der Waals surface area contributed by atoms with E-state index in [0.29, 0.717) is 11.1 Å². The Morgan fingerprint density at radius 1 is 0.756 bits per heavy atom. The first-order chi connectivity index (χ1) is 21.4. The Morgan fingerprint density at radius 3 is 2.09 bits per heavy atom. The second-order valence-electron chi connectivity index (χ2n) is 10.5. The van der Waals surface area contributed by atoms with Crippen LogP contribution in [0.15, 0.2) is 42.5 Å². The first-order valence-corrected chi connectivity index (χ1v) is 13.9. The van der Waals surface area contributed by atoms with Crippen molar-refractivity contribution in [1.29, 1.82) is 0 Å². The lowest BCUT2D eigenvalue weighted by atomic mass is 9.99. The van der Waals surface area contributed by atoms with Gasteiger partial charge in [-0.3, -0.25) is 0 Å². The average molecular weight is 641 g/mol. The third-order valence-corrected chi connectivity index (χ3v) is 7.26. The molecule has 45 heavy (non-hydrogen) atoms. The van der Waals surface area contributed by atoms with Gasteiger partial charge in [0.05, 0.1) is 13.2 Å². The number of phenolic OH excluding ortho intramolecular Hbond substituents is 3. The summed E-state index contributed by atoms with van der Waals surface area (Å²) in [6.07, 6.45) is -12.6. The van der Waals surface area contributed by atoms with E-state index in [-0.39, 0.29) is 30.3 Å². The summed E-state index contributed by atoms with van der Waals surface area (Å²) in [5, 5.41) is 99.3. The van der Waals surface area contributed by atoms with Gasteiger partial charge in [-0.05, 0) is 47.9 Å². The highest BCUT2D eigenvalue weighted by Gasteiger charge is 2.46.